The number of ether oxygens (including phenoxy) is 1. The van der Waals surface area contributed by atoms with E-state index in [1.807, 2.05) is 23.1 Å². The number of carbonyl (C=O) groups excluding carboxylic acids is 1. The lowest BCUT2D eigenvalue weighted by atomic mass is 10.00. The van der Waals surface area contributed by atoms with Gasteiger partial charge in [0.25, 0.3) is 0 Å². The van der Waals surface area contributed by atoms with Gasteiger partial charge in [-0.3, -0.25) is 0 Å². The van der Waals surface area contributed by atoms with Gasteiger partial charge >= 0.3 is 6.03 Å². The van der Waals surface area contributed by atoms with Crippen molar-refractivity contribution in [1.29, 1.82) is 0 Å². The summed E-state index contributed by atoms with van der Waals surface area (Å²) in [7, 11) is 2.12. The van der Waals surface area contributed by atoms with Crippen LogP contribution in [0.4, 0.5) is 4.79 Å². The van der Waals surface area contributed by atoms with Gasteiger partial charge < -0.3 is 19.4 Å². The lowest BCUT2D eigenvalue weighted by molar-refractivity contribution is 0.0466. The van der Waals surface area contributed by atoms with Crippen LogP contribution in [0.15, 0.2) is 24.4 Å². The van der Waals surface area contributed by atoms with Crippen LogP contribution in [0.3, 0.4) is 0 Å². The number of urea groups is 1. The van der Waals surface area contributed by atoms with Crippen molar-refractivity contribution in [2.24, 2.45) is 0 Å². The number of rotatable bonds is 2. The summed E-state index contributed by atoms with van der Waals surface area (Å²) in [5.74, 6) is 0.695. The minimum Gasteiger partial charge on any atom is -0.474 e. The number of hydrogen-bond acceptors (Lipinski definition) is 4. The highest BCUT2D eigenvalue weighted by molar-refractivity contribution is 5.76. The number of likely N-dealkylation sites (N-methyl/N-ethyl adjacent to an activating group) is 1. The standard InChI is InChI=1S/C18H26N4O2/c1-20-8-10-21(11-9-20)18(23)22-14-5-6-15(22)13-16(12-14)24-17-4-2-3-7-19-17/h2-4,7,14-16H,5-6,8-13H2,1H3/t14-,15-/m0/s1. The molecule has 2 bridgehead atoms. The highest BCUT2D eigenvalue weighted by Crippen LogP contribution is 2.37. The second-order valence-electron chi connectivity index (χ2n) is 7.24. The lowest BCUT2D eigenvalue weighted by Crippen LogP contribution is -2.57. The molecular formula is C18H26N4O2. The Morgan fingerprint density at radius 2 is 1.83 bits per heavy atom. The molecule has 3 aliphatic rings. The zero-order chi connectivity index (χ0) is 16.5. The topological polar surface area (TPSA) is 48.9 Å². The van der Waals surface area contributed by atoms with E-state index in [2.05, 4.69) is 21.8 Å². The number of pyridine rings is 1. The van der Waals surface area contributed by atoms with E-state index >= 15 is 0 Å². The number of hydrogen-bond donors (Lipinski definition) is 0. The Balaban J connectivity index is 1.39. The van der Waals surface area contributed by atoms with Crippen LogP contribution >= 0.6 is 0 Å². The lowest BCUT2D eigenvalue weighted by Gasteiger charge is -2.43. The van der Waals surface area contributed by atoms with E-state index in [1.54, 1.807) is 6.20 Å². The van der Waals surface area contributed by atoms with Gasteiger partial charge in [-0.1, -0.05) is 6.07 Å². The highest BCUT2D eigenvalue weighted by Gasteiger charge is 2.45. The van der Waals surface area contributed by atoms with Gasteiger partial charge in [0.15, 0.2) is 0 Å². The molecule has 6 nitrogen and oxygen atoms in total. The van der Waals surface area contributed by atoms with Crippen molar-refractivity contribution < 1.29 is 9.53 Å². The molecule has 2 atom stereocenters. The predicted molar refractivity (Wildman–Crippen MR) is 91.0 cm³/mol. The average Bonchev–Trinajstić information content (AvgIpc) is 2.87. The highest BCUT2D eigenvalue weighted by atomic mass is 16.5. The second kappa shape index (κ2) is 6.59. The molecule has 4 rings (SSSR count). The van der Waals surface area contributed by atoms with Crippen molar-refractivity contribution in [3.63, 3.8) is 0 Å². The Kier molecular flexibility index (Phi) is 4.31. The van der Waals surface area contributed by atoms with Crippen LogP contribution in [0.5, 0.6) is 5.88 Å². The van der Waals surface area contributed by atoms with Crippen molar-refractivity contribution >= 4 is 6.03 Å². The first-order valence-corrected chi connectivity index (χ1v) is 9.04. The molecule has 130 valence electrons. The van der Waals surface area contributed by atoms with Crippen molar-refractivity contribution in [1.82, 2.24) is 19.7 Å². The van der Waals surface area contributed by atoms with Gasteiger partial charge in [-0.25, -0.2) is 9.78 Å². The van der Waals surface area contributed by atoms with Crippen molar-refractivity contribution in [2.75, 3.05) is 33.2 Å². The van der Waals surface area contributed by atoms with E-state index in [4.69, 9.17) is 4.74 Å². The molecule has 0 N–H and O–H groups in total. The molecule has 3 aliphatic heterocycles. The number of aromatic nitrogens is 1. The van der Waals surface area contributed by atoms with Crippen molar-refractivity contribution in [2.45, 2.75) is 43.9 Å². The first-order chi connectivity index (χ1) is 11.7. The van der Waals surface area contributed by atoms with Crippen LogP contribution in [-0.4, -0.2) is 77.1 Å². The van der Waals surface area contributed by atoms with Gasteiger partial charge in [-0.05, 0) is 26.0 Å². The fourth-order valence-corrected chi connectivity index (χ4v) is 4.28. The molecule has 4 heterocycles. The molecule has 6 heteroatoms. The Morgan fingerprint density at radius 3 is 2.46 bits per heavy atom. The fourth-order valence-electron chi connectivity index (χ4n) is 4.28. The Hall–Kier alpha value is -1.82. The summed E-state index contributed by atoms with van der Waals surface area (Å²) in [5, 5.41) is 0. The quantitative estimate of drug-likeness (QED) is 0.830. The molecule has 0 radical (unpaired) electrons. The van der Waals surface area contributed by atoms with Crippen LogP contribution in [0.1, 0.15) is 25.7 Å². The summed E-state index contributed by atoms with van der Waals surface area (Å²) in [5.41, 5.74) is 0. The van der Waals surface area contributed by atoms with Gasteiger partial charge in [-0.2, -0.15) is 0 Å². The third-order valence-electron chi connectivity index (χ3n) is 5.61. The van der Waals surface area contributed by atoms with Crippen LogP contribution < -0.4 is 4.74 Å². The molecule has 1 aromatic heterocycles. The van der Waals surface area contributed by atoms with Crippen LogP contribution in [-0.2, 0) is 0 Å². The first kappa shape index (κ1) is 15.7. The molecule has 0 saturated carbocycles. The van der Waals surface area contributed by atoms with Gasteiger partial charge in [0.05, 0.1) is 0 Å². The van der Waals surface area contributed by atoms with Crippen LogP contribution in [0.2, 0.25) is 0 Å². The minimum atomic E-state index is 0.175. The molecule has 0 unspecified atom stereocenters. The number of piperidine rings is 1. The normalized spacial score (nSPS) is 30.5. The van der Waals surface area contributed by atoms with E-state index < -0.39 is 0 Å². The molecule has 0 aliphatic carbocycles. The summed E-state index contributed by atoms with van der Waals surface area (Å²) < 4.78 is 6.05. The zero-order valence-electron chi connectivity index (χ0n) is 14.3. The fraction of sp³-hybridized carbons (Fsp3) is 0.667. The van der Waals surface area contributed by atoms with E-state index in [1.165, 1.54) is 0 Å². The van der Waals surface area contributed by atoms with Gasteiger partial charge in [-0.15, -0.1) is 0 Å². The predicted octanol–water partition coefficient (Wildman–Crippen LogP) is 1.82. The summed E-state index contributed by atoms with van der Waals surface area (Å²) >= 11 is 0. The molecule has 3 fully saturated rings. The summed E-state index contributed by atoms with van der Waals surface area (Å²) in [4.78, 5) is 23.7. The number of carbonyl (C=O) groups is 1. The molecule has 1 aromatic rings. The van der Waals surface area contributed by atoms with E-state index in [0.29, 0.717) is 18.0 Å². The average molecular weight is 330 g/mol. The Morgan fingerprint density at radius 1 is 1.12 bits per heavy atom. The van der Waals surface area contributed by atoms with Gasteiger partial charge in [0, 0.05) is 63.4 Å². The smallest absolute Gasteiger partial charge is 0.320 e. The minimum absolute atomic E-state index is 0.175. The summed E-state index contributed by atoms with van der Waals surface area (Å²) in [6.07, 6.45) is 5.99. The van der Waals surface area contributed by atoms with Crippen LogP contribution in [0.25, 0.3) is 0 Å². The molecular weight excluding hydrogens is 304 g/mol. The summed E-state index contributed by atoms with van der Waals surface area (Å²) in [6, 6.07) is 6.64. The third-order valence-corrected chi connectivity index (χ3v) is 5.61. The van der Waals surface area contributed by atoms with Crippen molar-refractivity contribution in [3.8, 4) is 5.88 Å². The number of nitrogens with zero attached hydrogens (tertiary/aromatic N) is 4. The first-order valence-electron chi connectivity index (χ1n) is 9.04. The number of fused-ring (bicyclic) bond motifs is 2. The van der Waals surface area contributed by atoms with Gasteiger partial charge in [0.1, 0.15) is 6.10 Å². The number of amides is 2. The number of piperazine rings is 1. The third kappa shape index (κ3) is 3.07. The monoisotopic (exact) mass is 330 g/mol. The molecule has 24 heavy (non-hydrogen) atoms. The zero-order valence-corrected chi connectivity index (χ0v) is 14.3. The Labute approximate surface area is 143 Å². The Bertz CT molecular complexity index is 560. The van der Waals surface area contributed by atoms with Crippen molar-refractivity contribution in [3.05, 3.63) is 24.4 Å². The van der Waals surface area contributed by atoms with Gasteiger partial charge in [0.2, 0.25) is 5.88 Å². The summed E-state index contributed by atoms with van der Waals surface area (Å²) in [6.45, 7) is 3.64. The van der Waals surface area contributed by atoms with E-state index in [9.17, 15) is 4.79 Å². The largest absolute Gasteiger partial charge is 0.474 e. The van der Waals surface area contributed by atoms with Crippen LogP contribution in [0, 0.1) is 0 Å². The molecule has 0 aromatic carbocycles. The second-order valence-corrected chi connectivity index (χ2v) is 7.24. The van der Waals surface area contributed by atoms with E-state index in [0.717, 1.165) is 51.9 Å². The maximum Gasteiger partial charge on any atom is 0.320 e. The maximum atomic E-state index is 13.0. The van der Waals surface area contributed by atoms with E-state index in [-0.39, 0.29) is 12.1 Å². The molecule has 0 spiro atoms. The maximum absolute atomic E-state index is 13.0. The molecule has 2 amide bonds. The SMILES string of the molecule is CN1CCN(C(=O)N2[C@H]3CC[C@H]2CC(Oc2ccccn2)C3)CC1. The molecule has 3 saturated heterocycles.